The highest BCUT2D eigenvalue weighted by molar-refractivity contribution is 5.69. The first-order valence-corrected chi connectivity index (χ1v) is 21.8. The van der Waals surface area contributed by atoms with Crippen LogP contribution in [0.2, 0.25) is 0 Å². The van der Waals surface area contributed by atoms with Gasteiger partial charge < -0.3 is 14.6 Å². The molecule has 1 atom stereocenters. The third kappa shape index (κ3) is 39.6. The Balaban J connectivity index is 3.38. The van der Waals surface area contributed by atoms with Crippen LogP contribution in [0.1, 0.15) is 239 Å². The van der Waals surface area contributed by atoms with Crippen LogP contribution in [0.25, 0.3) is 0 Å². The molecule has 0 spiro atoms. The van der Waals surface area contributed by atoms with E-state index >= 15 is 0 Å². The summed E-state index contributed by atoms with van der Waals surface area (Å²) in [4.78, 5) is 12.2. The molecule has 4 nitrogen and oxygen atoms in total. The summed E-state index contributed by atoms with van der Waals surface area (Å²) in [5.74, 6) is -0.197. The summed E-state index contributed by atoms with van der Waals surface area (Å²) in [6, 6.07) is 0. The van der Waals surface area contributed by atoms with Crippen LogP contribution < -0.4 is 0 Å². The maximum absolute atomic E-state index is 12.2. The molecule has 0 aromatic carbocycles. The number of rotatable bonds is 41. The number of ether oxygens (including phenoxy) is 2. The van der Waals surface area contributed by atoms with E-state index < -0.39 is 6.10 Å². The van der Waals surface area contributed by atoms with Gasteiger partial charge in [-0.2, -0.15) is 0 Å². The van der Waals surface area contributed by atoms with Gasteiger partial charge >= 0.3 is 5.97 Å². The molecule has 48 heavy (non-hydrogen) atoms. The van der Waals surface area contributed by atoms with E-state index in [1.807, 2.05) is 0 Å². The second kappa shape index (κ2) is 42.3. The molecule has 286 valence electrons. The highest BCUT2D eigenvalue weighted by Crippen LogP contribution is 2.16. The zero-order valence-electron chi connectivity index (χ0n) is 32.8. The largest absolute Gasteiger partial charge is 0.457 e. The first-order valence-electron chi connectivity index (χ1n) is 21.8. The molecule has 0 aromatic rings. The van der Waals surface area contributed by atoms with Crippen LogP contribution in [0.15, 0.2) is 12.2 Å². The molecule has 0 aliphatic carbocycles. The third-order valence-electron chi connectivity index (χ3n) is 9.84. The Labute approximate surface area is 301 Å². The molecule has 4 heteroatoms. The maximum atomic E-state index is 12.2. The lowest BCUT2D eigenvalue weighted by atomic mass is 10.0. The van der Waals surface area contributed by atoms with Gasteiger partial charge in [0.25, 0.3) is 0 Å². The molecule has 0 saturated heterocycles. The van der Waals surface area contributed by atoms with Crippen LogP contribution in [0.3, 0.4) is 0 Å². The Morgan fingerprint density at radius 2 is 0.812 bits per heavy atom. The Morgan fingerprint density at radius 1 is 0.479 bits per heavy atom. The quantitative estimate of drug-likeness (QED) is 0.0397. The van der Waals surface area contributed by atoms with Gasteiger partial charge in [-0.3, -0.25) is 4.79 Å². The Bertz CT molecular complexity index is 633. The summed E-state index contributed by atoms with van der Waals surface area (Å²) in [7, 11) is 0. The van der Waals surface area contributed by atoms with Gasteiger partial charge in [-0.25, -0.2) is 0 Å². The Morgan fingerprint density at radius 3 is 1.19 bits per heavy atom. The monoisotopic (exact) mass is 679 g/mol. The molecule has 0 aromatic heterocycles. The topological polar surface area (TPSA) is 55.8 Å². The number of aliphatic hydroxyl groups is 1. The van der Waals surface area contributed by atoms with Crippen LogP contribution in [0.4, 0.5) is 0 Å². The number of hydrogen-bond donors (Lipinski definition) is 1. The lowest BCUT2D eigenvalue weighted by molar-refractivity contribution is -0.154. The number of unbranched alkanes of at least 4 members (excludes halogenated alkanes) is 31. The minimum Gasteiger partial charge on any atom is -0.457 e. The fourth-order valence-corrected chi connectivity index (χ4v) is 6.56. The lowest BCUT2D eigenvalue weighted by Crippen LogP contribution is -2.27. The summed E-state index contributed by atoms with van der Waals surface area (Å²) in [5.41, 5.74) is 0. The normalized spacial score (nSPS) is 12.3. The molecule has 0 aliphatic rings. The first-order chi connectivity index (χ1) is 23.7. The highest BCUT2D eigenvalue weighted by Gasteiger charge is 2.13. The van der Waals surface area contributed by atoms with Crippen molar-refractivity contribution in [3.8, 4) is 0 Å². The van der Waals surface area contributed by atoms with E-state index in [2.05, 4.69) is 26.0 Å². The minimum absolute atomic E-state index is 0.168. The van der Waals surface area contributed by atoms with Crippen molar-refractivity contribution in [1.82, 2.24) is 0 Å². The van der Waals surface area contributed by atoms with Crippen molar-refractivity contribution in [3.63, 3.8) is 0 Å². The summed E-state index contributed by atoms with van der Waals surface area (Å²) in [6.07, 6.45) is 49.9. The average molecular weight is 679 g/mol. The van der Waals surface area contributed by atoms with Gasteiger partial charge in [0.05, 0.1) is 13.2 Å². The molecular formula is C44H86O4. The van der Waals surface area contributed by atoms with Gasteiger partial charge in [0.2, 0.25) is 0 Å². The molecule has 0 rings (SSSR count). The molecule has 0 bridgehead atoms. The SMILES string of the molecule is CCCCCCCC/C=C\CCCCCCCCOCC(CO)OC(=O)CCCCCCCCCCCCCCCCCCCCCC. The van der Waals surface area contributed by atoms with Crippen molar-refractivity contribution in [2.24, 2.45) is 0 Å². The summed E-state index contributed by atoms with van der Waals surface area (Å²) >= 11 is 0. The molecule has 0 saturated carbocycles. The fraction of sp³-hybridized carbons (Fsp3) is 0.932. The van der Waals surface area contributed by atoms with Crippen LogP contribution >= 0.6 is 0 Å². The third-order valence-corrected chi connectivity index (χ3v) is 9.84. The fourth-order valence-electron chi connectivity index (χ4n) is 6.56. The average Bonchev–Trinajstić information content (AvgIpc) is 3.09. The number of esters is 1. The van der Waals surface area contributed by atoms with Gasteiger partial charge in [-0.15, -0.1) is 0 Å². The van der Waals surface area contributed by atoms with Crippen molar-refractivity contribution in [2.75, 3.05) is 19.8 Å². The summed E-state index contributed by atoms with van der Waals surface area (Å²) < 4.78 is 11.2. The maximum Gasteiger partial charge on any atom is 0.306 e. The van der Waals surface area contributed by atoms with E-state index in [-0.39, 0.29) is 12.6 Å². The number of allylic oxidation sites excluding steroid dienone is 2. The molecule has 0 aliphatic heterocycles. The molecule has 0 radical (unpaired) electrons. The van der Waals surface area contributed by atoms with Gasteiger partial charge in [-0.1, -0.05) is 206 Å². The summed E-state index contributed by atoms with van der Waals surface area (Å²) in [5, 5.41) is 9.60. The predicted molar refractivity (Wildman–Crippen MR) is 210 cm³/mol. The van der Waals surface area contributed by atoms with E-state index in [4.69, 9.17) is 9.47 Å². The van der Waals surface area contributed by atoms with Crippen molar-refractivity contribution < 1.29 is 19.4 Å². The molecule has 1 unspecified atom stereocenters. The zero-order valence-corrected chi connectivity index (χ0v) is 32.8. The zero-order chi connectivity index (χ0) is 34.9. The molecule has 0 fully saturated rings. The Hall–Kier alpha value is -0.870. The standard InChI is InChI=1S/C44H86O4/c1-3-5-7-9-11-13-15-17-19-21-22-23-24-25-27-29-31-33-35-37-39-44(46)48-43(41-45)42-47-40-38-36-34-32-30-28-26-20-18-16-14-12-10-8-6-4-2/h18,20,43,45H,3-17,19,21-42H2,1-2H3/b20-18-. The van der Waals surface area contributed by atoms with Gasteiger partial charge in [-0.05, 0) is 38.5 Å². The second-order valence-corrected chi connectivity index (χ2v) is 14.8. The molecule has 0 amide bonds. The predicted octanol–water partition coefficient (Wildman–Crippen LogP) is 14.2. The molecule has 1 N–H and O–H groups in total. The Kier molecular flexibility index (Phi) is 41.5. The smallest absolute Gasteiger partial charge is 0.306 e. The van der Waals surface area contributed by atoms with Crippen molar-refractivity contribution in [1.29, 1.82) is 0 Å². The van der Waals surface area contributed by atoms with Gasteiger partial charge in [0, 0.05) is 13.0 Å². The molecule has 0 heterocycles. The van der Waals surface area contributed by atoms with E-state index in [9.17, 15) is 9.90 Å². The molecular weight excluding hydrogens is 592 g/mol. The van der Waals surface area contributed by atoms with Crippen LogP contribution in [-0.4, -0.2) is 37.0 Å². The number of carbonyl (C=O) groups is 1. The van der Waals surface area contributed by atoms with Gasteiger partial charge in [0.15, 0.2) is 0 Å². The lowest BCUT2D eigenvalue weighted by Gasteiger charge is -2.15. The van der Waals surface area contributed by atoms with E-state index in [1.165, 1.54) is 199 Å². The van der Waals surface area contributed by atoms with Crippen LogP contribution in [0.5, 0.6) is 0 Å². The number of aliphatic hydroxyl groups excluding tert-OH is 1. The van der Waals surface area contributed by atoms with E-state index in [0.717, 1.165) is 19.3 Å². The van der Waals surface area contributed by atoms with Gasteiger partial charge in [0.1, 0.15) is 6.10 Å². The van der Waals surface area contributed by atoms with Crippen molar-refractivity contribution in [3.05, 3.63) is 12.2 Å². The van der Waals surface area contributed by atoms with Crippen molar-refractivity contribution in [2.45, 2.75) is 245 Å². The summed E-state index contributed by atoms with van der Waals surface area (Å²) in [6.45, 7) is 5.37. The number of carbonyl (C=O) groups excluding carboxylic acids is 1. The van der Waals surface area contributed by atoms with Crippen molar-refractivity contribution >= 4 is 5.97 Å². The minimum atomic E-state index is -0.531. The van der Waals surface area contributed by atoms with E-state index in [1.54, 1.807) is 0 Å². The van der Waals surface area contributed by atoms with Crippen LogP contribution in [0, 0.1) is 0 Å². The van der Waals surface area contributed by atoms with Crippen LogP contribution in [-0.2, 0) is 14.3 Å². The first kappa shape index (κ1) is 47.1. The highest BCUT2D eigenvalue weighted by atomic mass is 16.6. The van der Waals surface area contributed by atoms with E-state index in [0.29, 0.717) is 19.6 Å². The number of hydrogen-bond acceptors (Lipinski definition) is 4. The second-order valence-electron chi connectivity index (χ2n) is 14.8.